The molecular formula is C20H21N3O4. The molecule has 0 radical (unpaired) electrons. The average molecular weight is 367 g/mol. The molecule has 1 unspecified atom stereocenters. The van der Waals surface area contributed by atoms with Crippen molar-refractivity contribution >= 4 is 6.29 Å². The summed E-state index contributed by atoms with van der Waals surface area (Å²) in [5.41, 5.74) is 0.673. The Morgan fingerprint density at radius 1 is 1.19 bits per heavy atom. The van der Waals surface area contributed by atoms with Crippen molar-refractivity contribution in [1.29, 1.82) is 0 Å². The van der Waals surface area contributed by atoms with Crippen molar-refractivity contribution in [2.75, 3.05) is 6.61 Å². The number of aromatic nitrogens is 3. The molecule has 3 rings (SSSR count). The summed E-state index contributed by atoms with van der Waals surface area (Å²) >= 11 is 0. The molecular weight excluding hydrogens is 346 g/mol. The summed E-state index contributed by atoms with van der Waals surface area (Å²) in [4.78, 5) is 20.1. The summed E-state index contributed by atoms with van der Waals surface area (Å²) in [6.07, 6.45) is 4.90. The van der Waals surface area contributed by atoms with Gasteiger partial charge in [0, 0.05) is 30.1 Å². The molecule has 27 heavy (non-hydrogen) atoms. The van der Waals surface area contributed by atoms with Gasteiger partial charge in [-0.05, 0) is 24.3 Å². The van der Waals surface area contributed by atoms with Gasteiger partial charge in [0.05, 0.1) is 12.2 Å². The van der Waals surface area contributed by atoms with E-state index in [1.165, 1.54) is 6.07 Å². The number of benzene rings is 1. The van der Waals surface area contributed by atoms with E-state index in [9.17, 15) is 15.0 Å². The van der Waals surface area contributed by atoms with E-state index in [-0.39, 0.29) is 29.6 Å². The molecule has 140 valence electrons. The van der Waals surface area contributed by atoms with Crippen LogP contribution >= 0.6 is 0 Å². The molecule has 1 aromatic carbocycles. The van der Waals surface area contributed by atoms with E-state index in [0.717, 1.165) is 5.82 Å². The van der Waals surface area contributed by atoms with E-state index < -0.39 is 6.10 Å². The number of hydrogen-bond donors (Lipinski definition) is 2. The Kier molecular flexibility index (Phi) is 5.52. The number of aliphatic hydroxyl groups excluding tert-OH is 1. The van der Waals surface area contributed by atoms with Gasteiger partial charge in [0.2, 0.25) is 0 Å². The first-order valence-electron chi connectivity index (χ1n) is 8.60. The Bertz CT molecular complexity index is 936. The van der Waals surface area contributed by atoms with Gasteiger partial charge in [-0.25, -0.2) is 9.97 Å². The minimum absolute atomic E-state index is 0.0342. The number of imidazole rings is 1. The van der Waals surface area contributed by atoms with Crippen molar-refractivity contribution in [3.63, 3.8) is 0 Å². The maximum atomic E-state index is 11.3. The number of carbonyl (C=O) groups is 1. The van der Waals surface area contributed by atoms with Crippen molar-refractivity contribution in [1.82, 2.24) is 14.5 Å². The summed E-state index contributed by atoms with van der Waals surface area (Å²) in [5, 5.41) is 19.8. The van der Waals surface area contributed by atoms with E-state index in [1.807, 2.05) is 18.4 Å². The summed E-state index contributed by atoms with van der Waals surface area (Å²) < 4.78 is 7.73. The largest absolute Gasteiger partial charge is 0.507 e. The van der Waals surface area contributed by atoms with E-state index in [1.54, 1.807) is 42.9 Å². The highest BCUT2D eigenvalue weighted by Crippen LogP contribution is 2.31. The zero-order valence-electron chi connectivity index (χ0n) is 15.1. The molecule has 0 aliphatic rings. The first-order valence-corrected chi connectivity index (χ1v) is 8.60. The van der Waals surface area contributed by atoms with Crippen molar-refractivity contribution in [3.05, 3.63) is 65.9 Å². The fraction of sp³-hybridized carbons (Fsp3) is 0.250. The van der Waals surface area contributed by atoms with Crippen LogP contribution in [0.5, 0.6) is 11.5 Å². The van der Waals surface area contributed by atoms with Gasteiger partial charge in [-0.15, -0.1) is 0 Å². The fourth-order valence-electron chi connectivity index (χ4n) is 2.89. The van der Waals surface area contributed by atoms with Crippen LogP contribution < -0.4 is 4.74 Å². The lowest BCUT2D eigenvalue weighted by Crippen LogP contribution is -2.17. The second-order valence-corrected chi connectivity index (χ2v) is 6.32. The molecule has 2 N–H and O–H groups in total. The van der Waals surface area contributed by atoms with Crippen LogP contribution in [0, 0.1) is 0 Å². The van der Waals surface area contributed by atoms with Gasteiger partial charge in [0.15, 0.2) is 12.4 Å². The zero-order chi connectivity index (χ0) is 19.4. The Balaban J connectivity index is 2.04. The summed E-state index contributed by atoms with van der Waals surface area (Å²) in [5.74, 6) is 1.61. The van der Waals surface area contributed by atoms with Crippen molar-refractivity contribution in [2.45, 2.75) is 25.9 Å². The number of nitrogens with zero attached hydrogens (tertiary/aromatic N) is 3. The number of carbonyl (C=O) groups excluding carboxylic acids is 1. The fourth-order valence-corrected chi connectivity index (χ4v) is 2.89. The molecule has 0 bridgehead atoms. The van der Waals surface area contributed by atoms with Gasteiger partial charge in [-0.2, -0.15) is 0 Å². The number of ether oxygens (including phenoxy) is 1. The van der Waals surface area contributed by atoms with Gasteiger partial charge in [-0.3, -0.25) is 9.36 Å². The quantitative estimate of drug-likeness (QED) is 0.623. The molecule has 0 saturated carbocycles. The van der Waals surface area contributed by atoms with E-state index in [0.29, 0.717) is 17.7 Å². The smallest absolute Gasteiger partial charge is 0.157 e. The molecule has 1 atom stereocenters. The molecule has 0 spiro atoms. The highest BCUT2D eigenvalue weighted by molar-refractivity contribution is 5.83. The van der Waals surface area contributed by atoms with E-state index in [2.05, 4.69) is 9.97 Å². The van der Waals surface area contributed by atoms with Crippen LogP contribution in [0.1, 0.15) is 47.6 Å². The lowest BCUT2D eigenvalue weighted by molar-refractivity contribution is 0.106. The third-order valence-corrected chi connectivity index (χ3v) is 4.17. The van der Waals surface area contributed by atoms with Crippen molar-refractivity contribution in [2.24, 2.45) is 0 Å². The maximum absolute atomic E-state index is 11.3. The number of phenolic OH excluding ortho intramolecular Hbond substituents is 1. The Hall–Kier alpha value is -3.19. The number of phenols is 1. The number of hydrogen-bond acceptors (Lipinski definition) is 6. The predicted molar refractivity (Wildman–Crippen MR) is 99.4 cm³/mol. The van der Waals surface area contributed by atoms with Crippen LogP contribution in [0.4, 0.5) is 0 Å². The van der Waals surface area contributed by atoms with Gasteiger partial charge >= 0.3 is 0 Å². The Morgan fingerprint density at radius 2 is 2.00 bits per heavy atom. The monoisotopic (exact) mass is 367 g/mol. The minimum Gasteiger partial charge on any atom is -0.507 e. The van der Waals surface area contributed by atoms with Crippen LogP contribution in [-0.2, 0) is 0 Å². The van der Waals surface area contributed by atoms with Gasteiger partial charge in [0.1, 0.15) is 23.1 Å². The van der Waals surface area contributed by atoms with E-state index in [4.69, 9.17) is 4.74 Å². The first kappa shape index (κ1) is 18.6. The highest BCUT2D eigenvalue weighted by atomic mass is 16.5. The number of aliphatic hydroxyl groups is 1. The molecule has 0 aliphatic heterocycles. The lowest BCUT2D eigenvalue weighted by atomic mass is 10.1. The second kappa shape index (κ2) is 8.01. The van der Waals surface area contributed by atoms with Crippen molar-refractivity contribution < 1.29 is 19.7 Å². The topological polar surface area (TPSA) is 97.5 Å². The van der Waals surface area contributed by atoms with Gasteiger partial charge in [-0.1, -0.05) is 19.9 Å². The molecule has 2 aromatic heterocycles. The summed E-state index contributed by atoms with van der Waals surface area (Å²) in [6, 6.07) is 8.10. The SMILES string of the molecule is CC(C)c1nccn1-c1ncccc1C(CO)Oc1cccc(O)c1C=O. The highest BCUT2D eigenvalue weighted by Gasteiger charge is 2.22. The number of pyridine rings is 1. The molecule has 0 aliphatic carbocycles. The third-order valence-electron chi connectivity index (χ3n) is 4.17. The number of rotatable bonds is 7. The van der Waals surface area contributed by atoms with Crippen LogP contribution in [0.25, 0.3) is 5.82 Å². The van der Waals surface area contributed by atoms with Gasteiger partial charge < -0.3 is 14.9 Å². The van der Waals surface area contributed by atoms with Crippen molar-refractivity contribution in [3.8, 4) is 17.3 Å². The molecule has 0 saturated heterocycles. The standard InChI is InChI=1S/C20H21N3O4/c1-13(2)19-22-9-10-23(19)20-14(5-4-8-21-20)18(12-25)27-17-7-3-6-16(26)15(17)11-24/h3-11,13,18,25-26H,12H2,1-2H3. The first-order chi connectivity index (χ1) is 13.1. The predicted octanol–water partition coefficient (Wildman–Crippen LogP) is 3.02. The summed E-state index contributed by atoms with van der Waals surface area (Å²) in [7, 11) is 0. The third kappa shape index (κ3) is 3.68. The number of aldehydes is 1. The van der Waals surface area contributed by atoms with Crippen LogP contribution in [0.15, 0.2) is 48.9 Å². The van der Waals surface area contributed by atoms with Crippen LogP contribution in [0.2, 0.25) is 0 Å². The second-order valence-electron chi connectivity index (χ2n) is 6.32. The molecule has 3 aromatic rings. The maximum Gasteiger partial charge on any atom is 0.157 e. The van der Waals surface area contributed by atoms with Crippen LogP contribution in [0.3, 0.4) is 0 Å². The normalized spacial score (nSPS) is 12.1. The Morgan fingerprint density at radius 3 is 2.70 bits per heavy atom. The average Bonchev–Trinajstić information content (AvgIpc) is 3.16. The minimum atomic E-state index is -0.781. The molecule has 0 amide bonds. The molecule has 7 heteroatoms. The van der Waals surface area contributed by atoms with Crippen LogP contribution in [-0.4, -0.2) is 37.6 Å². The lowest BCUT2D eigenvalue weighted by Gasteiger charge is -2.22. The summed E-state index contributed by atoms with van der Waals surface area (Å²) in [6.45, 7) is 3.73. The molecule has 0 fully saturated rings. The van der Waals surface area contributed by atoms with Gasteiger partial charge in [0.25, 0.3) is 0 Å². The molecule has 2 heterocycles. The molecule has 7 nitrogen and oxygen atoms in total. The zero-order valence-corrected chi connectivity index (χ0v) is 15.1. The number of aromatic hydroxyl groups is 1. The Labute approximate surface area is 156 Å². The van der Waals surface area contributed by atoms with E-state index >= 15 is 0 Å².